The standard InChI is InChI=1S/C23H30N2O2/c1-18(2)25-14-12-23(17-25,22(27)24-13-15-26)16-19-8-10-21(11-9-19)20-6-4-3-5-7-20/h3-11,18,26H,12-17H2,1-2H3,(H,24,27). The molecular weight excluding hydrogens is 336 g/mol. The highest BCUT2D eigenvalue weighted by atomic mass is 16.3. The molecule has 27 heavy (non-hydrogen) atoms. The van der Waals surface area contributed by atoms with Crippen LogP contribution in [0.1, 0.15) is 25.8 Å². The topological polar surface area (TPSA) is 52.6 Å². The Morgan fingerprint density at radius 2 is 1.78 bits per heavy atom. The third kappa shape index (κ3) is 4.57. The van der Waals surface area contributed by atoms with Crippen LogP contribution in [0.4, 0.5) is 0 Å². The Bertz CT molecular complexity index is 743. The predicted molar refractivity (Wildman–Crippen MR) is 109 cm³/mol. The number of nitrogens with zero attached hydrogens (tertiary/aromatic N) is 1. The highest BCUT2D eigenvalue weighted by Gasteiger charge is 2.44. The van der Waals surface area contributed by atoms with Crippen LogP contribution in [0.25, 0.3) is 11.1 Å². The van der Waals surface area contributed by atoms with E-state index >= 15 is 0 Å². The highest BCUT2D eigenvalue weighted by molar-refractivity contribution is 5.83. The molecule has 2 N–H and O–H groups in total. The second kappa shape index (κ2) is 8.68. The number of hydrogen-bond donors (Lipinski definition) is 2. The molecule has 0 saturated carbocycles. The lowest BCUT2D eigenvalue weighted by molar-refractivity contribution is -0.130. The van der Waals surface area contributed by atoms with E-state index in [0.717, 1.165) is 25.9 Å². The van der Waals surface area contributed by atoms with Crippen LogP contribution in [-0.4, -0.2) is 48.2 Å². The number of benzene rings is 2. The molecule has 4 nitrogen and oxygen atoms in total. The summed E-state index contributed by atoms with van der Waals surface area (Å²) in [6, 6.07) is 19.3. The quantitative estimate of drug-likeness (QED) is 0.792. The fourth-order valence-corrected chi connectivity index (χ4v) is 3.95. The molecule has 0 aliphatic carbocycles. The Kier molecular flexibility index (Phi) is 6.30. The zero-order valence-corrected chi connectivity index (χ0v) is 16.3. The molecule has 1 amide bonds. The normalized spacial score (nSPS) is 20.1. The van der Waals surface area contributed by atoms with Crippen LogP contribution >= 0.6 is 0 Å². The Labute approximate surface area is 162 Å². The van der Waals surface area contributed by atoms with Gasteiger partial charge in [0.2, 0.25) is 5.91 Å². The molecule has 2 aromatic rings. The average Bonchev–Trinajstić information content (AvgIpc) is 3.13. The van der Waals surface area contributed by atoms with Gasteiger partial charge in [0, 0.05) is 19.1 Å². The maximum atomic E-state index is 12.9. The number of aliphatic hydroxyl groups is 1. The van der Waals surface area contributed by atoms with E-state index in [-0.39, 0.29) is 12.5 Å². The molecular formula is C23H30N2O2. The van der Waals surface area contributed by atoms with Gasteiger partial charge < -0.3 is 10.4 Å². The molecule has 144 valence electrons. The van der Waals surface area contributed by atoms with Gasteiger partial charge in [-0.3, -0.25) is 9.69 Å². The van der Waals surface area contributed by atoms with Gasteiger partial charge in [-0.25, -0.2) is 0 Å². The zero-order valence-electron chi connectivity index (χ0n) is 16.3. The Balaban J connectivity index is 1.79. The number of carbonyl (C=O) groups excluding carboxylic acids is 1. The van der Waals surface area contributed by atoms with E-state index in [9.17, 15) is 4.79 Å². The van der Waals surface area contributed by atoms with Crippen LogP contribution in [0.5, 0.6) is 0 Å². The summed E-state index contributed by atoms with van der Waals surface area (Å²) in [5.74, 6) is 0.0619. The number of amides is 1. The van der Waals surface area contributed by atoms with Gasteiger partial charge in [-0.2, -0.15) is 0 Å². The molecule has 1 saturated heterocycles. The van der Waals surface area contributed by atoms with Gasteiger partial charge in [0.15, 0.2) is 0 Å². The van der Waals surface area contributed by atoms with Gasteiger partial charge in [-0.1, -0.05) is 54.6 Å². The van der Waals surface area contributed by atoms with Crippen molar-refractivity contribution in [2.45, 2.75) is 32.7 Å². The molecule has 3 rings (SSSR count). The number of likely N-dealkylation sites (tertiary alicyclic amines) is 1. The minimum Gasteiger partial charge on any atom is -0.395 e. The second-order valence-electron chi connectivity index (χ2n) is 7.81. The van der Waals surface area contributed by atoms with Gasteiger partial charge in [0.25, 0.3) is 0 Å². The number of hydrogen-bond acceptors (Lipinski definition) is 3. The van der Waals surface area contributed by atoms with Crippen molar-refractivity contribution in [3.05, 3.63) is 60.2 Å². The van der Waals surface area contributed by atoms with E-state index in [4.69, 9.17) is 5.11 Å². The summed E-state index contributed by atoms with van der Waals surface area (Å²) >= 11 is 0. The SMILES string of the molecule is CC(C)N1CCC(Cc2ccc(-c3ccccc3)cc2)(C(=O)NCCO)C1. The molecule has 0 spiro atoms. The van der Waals surface area contributed by atoms with E-state index in [0.29, 0.717) is 12.6 Å². The number of rotatable bonds is 7. The first kappa shape index (κ1) is 19.6. The monoisotopic (exact) mass is 366 g/mol. The Hall–Kier alpha value is -2.17. The van der Waals surface area contributed by atoms with Crippen LogP contribution in [0.15, 0.2) is 54.6 Å². The molecule has 0 bridgehead atoms. The third-order valence-electron chi connectivity index (χ3n) is 5.60. The first-order valence-electron chi connectivity index (χ1n) is 9.82. The molecule has 1 fully saturated rings. The highest BCUT2D eigenvalue weighted by Crippen LogP contribution is 2.36. The van der Waals surface area contributed by atoms with Crippen molar-refractivity contribution >= 4 is 5.91 Å². The van der Waals surface area contributed by atoms with Crippen LogP contribution in [0.3, 0.4) is 0 Å². The maximum absolute atomic E-state index is 12.9. The van der Waals surface area contributed by atoms with E-state index in [1.165, 1.54) is 16.7 Å². The van der Waals surface area contributed by atoms with E-state index in [1.54, 1.807) is 0 Å². The minimum absolute atomic E-state index is 0.0263. The molecule has 1 aliphatic rings. The summed E-state index contributed by atoms with van der Waals surface area (Å²) in [6.07, 6.45) is 1.57. The lowest BCUT2D eigenvalue weighted by Gasteiger charge is -2.29. The van der Waals surface area contributed by atoms with Crippen molar-refractivity contribution in [2.75, 3.05) is 26.2 Å². The van der Waals surface area contributed by atoms with Crippen LogP contribution in [0.2, 0.25) is 0 Å². The largest absolute Gasteiger partial charge is 0.395 e. The fraction of sp³-hybridized carbons (Fsp3) is 0.435. The summed E-state index contributed by atoms with van der Waals surface area (Å²) in [7, 11) is 0. The first-order valence-corrected chi connectivity index (χ1v) is 9.82. The number of aliphatic hydroxyl groups excluding tert-OH is 1. The van der Waals surface area contributed by atoms with E-state index in [2.05, 4.69) is 60.5 Å². The lowest BCUT2D eigenvalue weighted by atomic mass is 9.79. The van der Waals surface area contributed by atoms with Crippen molar-refractivity contribution in [1.82, 2.24) is 10.2 Å². The second-order valence-corrected chi connectivity index (χ2v) is 7.81. The average molecular weight is 367 g/mol. The summed E-state index contributed by atoms with van der Waals surface area (Å²) in [4.78, 5) is 15.3. The molecule has 1 aliphatic heterocycles. The summed E-state index contributed by atoms with van der Waals surface area (Å²) in [5, 5.41) is 12.0. The molecule has 1 unspecified atom stereocenters. The fourth-order valence-electron chi connectivity index (χ4n) is 3.95. The third-order valence-corrected chi connectivity index (χ3v) is 5.60. The molecule has 0 radical (unpaired) electrons. The van der Waals surface area contributed by atoms with Gasteiger partial charge in [0.05, 0.1) is 12.0 Å². The Morgan fingerprint density at radius 1 is 1.11 bits per heavy atom. The zero-order chi connectivity index (χ0) is 19.3. The predicted octanol–water partition coefficient (Wildman–Crippen LogP) is 3.11. The van der Waals surface area contributed by atoms with Gasteiger partial charge >= 0.3 is 0 Å². The number of carbonyl (C=O) groups is 1. The summed E-state index contributed by atoms with van der Waals surface area (Å²) < 4.78 is 0. The number of nitrogens with one attached hydrogen (secondary N) is 1. The maximum Gasteiger partial charge on any atom is 0.227 e. The van der Waals surface area contributed by atoms with Crippen molar-refractivity contribution < 1.29 is 9.90 Å². The summed E-state index contributed by atoms with van der Waals surface area (Å²) in [6.45, 7) is 6.35. The van der Waals surface area contributed by atoms with Gasteiger partial charge in [-0.15, -0.1) is 0 Å². The van der Waals surface area contributed by atoms with Crippen LogP contribution in [-0.2, 0) is 11.2 Å². The minimum atomic E-state index is -0.423. The van der Waals surface area contributed by atoms with Crippen molar-refractivity contribution in [2.24, 2.45) is 5.41 Å². The first-order chi connectivity index (χ1) is 13.0. The van der Waals surface area contributed by atoms with Crippen molar-refractivity contribution in [1.29, 1.82) is 0 Å². The molecule has 4 heteroatoms. The molecule has 0 aromatic heterocycles. The Morgan fingerprint density at radius 3 is 2.37 bits per heavy atom. The molecule has 1 atom stereocenters. The molecule has 2 aromatic carbocycles. The van der Waals surface area contributed by atoms with Gasteiger partial charge in [-0.05, 0) is 49.9 Å². The molecule has 1 heterocycles. The van der Waals surface area contributed by atoms with Gasteiger partial charge in [0.1, 0.15) is 0 Å². The lowest BCUT2D eigenvalue weighted by Crippen LogP contribution is -2.46. The van der Waals surface area contributed by atoms with E-state index in [1.807, 2.05) is 18.2 Å². The van der Waals surface area contributed by atoms with Crippen LogP contribution < -0.4 is 5.32 Å². The van der Waals surface area contributed by atoms with Crippen molar-refractivity contribution in [3.8, 4) is 11.1 Å². The van der Waals surface area contributed by atoms with Crippen LogP contribution in [0, 0.1) is 5.41 Å². The smallest absolute Gasteiger partial charge is 0.227 e. The van der Waals surface area contributed by atoms with E-state index < -0.39 is 5.41 Å². The summed E-state index contributed by atoms with van der Waals surface area (Å²) in [5.41, 5.74) is 3.15. The van der Waals surface area contributed by atoms with Crippen molar-refractivity contribution in [3.63, 3.8) is 0 Å².